The Kier molecular flexibility index (Phi) is 11.9. The summed E-state index contributed by atoms with van der Waals surface area (Å²) in [6.07, 6.45) is 3.98. The number of carboxylic acid groups (broad SMARTS) is 1. The zero-order valence-corrected chi connectivity index (χ0v) is 9.49. The van der Waals surface area contributed by atoms with Gasteiger partial charge in [0.05, 0.1) is 0 Å². The first-order valence-corrected chi connectivity index (χ1v) is 5.19. The monoisotopic (exact) mass is 203 g/mol. The lowest BCUT2D eigenvalue weighted by molar-refractivity contribution is -0.145. The molecule has 0 saturated heterocycles. The topological polar surface area (TPSA) is 57.5 Å². The van der Waals surface area contributed by atoms with Crippen molar-refractivity contribution in [2.45, 2.75) is 52.6 Å². The van der Waals surface area contributed by atoms with Crippen molar-refractivity contribution in [1.82, 2.24) is 0 Å². The molecule has 0 aromatic heterocycles. The van der Waals surface area contributed by atoms with Crippen molar-refractivity contribution in [3.63, 3.8) is 0 Å². The lowest BCUT2D eigenvalue weighted by Crippen LogP contribution is -2.13. The van der Waals surface area contributed by atoms with E-state index >= 15 is 0 Å². The zero-order chi connectivity index (χ0) is 11.6. The maximum atomic E-state index is 9.45. The molecule has 0 bridgehead atoms. The van der Waals surface area contributed by atoms with Crippen LogP contribution in [-0.2, 0) is 4.79 Å². The van der Waals surface area contributed by atoms with Gasteiger partial charge in [0, 0.05) is 0 Å². The van der Waals surface area contributed by atoms with Gasteiger partial charge in [-0.3, -0.25) is 0 Å². The summed E-state index contributed by atoms with van der Waals surface area (Å²) in [4.78, 5) is 9.45. The van der Waals surface area contributed by atoms with Gasteiger partial charge >= 0.3 is 5.97 Å². The van der Waals surface area contributed by atoms with Crippen LogP contribution in [0.25, 0.3) is 0 Å². The second-order valence-electron chi connectivity index (χ2n) is 3.43. The van der Waals surface area contributed by atoms with Gasteiger partial charge in [-0.25, -0.2) is 4.79 Å². The first kappa shape index (κ1) is 15.9. The third kappa shape index (κ3) is 14.0. The highest BCUT2D eigenvalue weighted by Gasteiger charge is 2.01. The molecule has 85 valence electrons. The molecule has 0 heterocycles. The molecule has 2 N–H and O–H groups in total. The second kappa shape index (κ2) is 10.5. The first-order valence-electron chi connectivity index (χ1n) is 5.19. The molecule has 2 unspecified atom stereocenters. The molecule has 1 radical (unpaired) electrons. The maximum Gasteiger partial charge on any atom is 0.332 e. The maximum absolute atomic E-state index is 9.45. The molecule has 2 atom stereocenters. The van der Waals surface area contributed by atoms with Gasteiger partial charge in [-0.1, -0.05) is 46.5 Å². The van der Waals surface area contributed by atoms with Crippen molar-refractivity contribution in [1.29, 1.82) is 0 Å². The van der Waals surface area contributed by atoms with Gasteiger partial charge in [0.25, 0.3) is 0 Å². The average Bonchev–Trinajstić information content (AvgIpc) is 2.14. The SMILES string of the molecule is CC(O)C(=O)O.[CH2]C(CC)CCCC. The van der Waals surface area contributed by atoms with E-state index < -0.39 is 12.1 Å². The van der Waals surface area contributed by atoms with Crippen LogP contribution in [0.3, 0.4) is 0 Å². The van der Waals surface area contributed by atoms with E-state index in [1.54, 1.807) is 0 Å². The quantitative estimate of drug-likeness (QED) is 0.721. The molecule has 14 heavy (non-hydrogen) atoms. The third-order valence-corrected chi connectivity index (χ3v) is 1.90. The lowest BCUT2D eigenvalue weighted by Gasteiger charge is -2.04. The molecule has 0 fully saturated rings. The summed E-state index contributed by atoms with van der Waals surface area (Å²) in [5.41, 5.74) is 0. The van der Waals surface area contributed by atoms with E-state index in [-0.39, 0.29) is 0 Å². The number of carboxylic acids is 1. The van der Waals surface area contributed by atoms with Gasteiger partial charge in [-0.2, -0.15) is 0 Å². The van der Waals surface area contributed by atoms with Gasteiger partial charge in [0.2, 0.25) is 0 Å². The summed E-state index contributed by atoms with van der Waals surface area (Å²) in [6.45, 7) is 9.62. The summed E-state index contributed by atoms with van der Waals surface area (Å²) >= 11 is 0. The van der Waals surface area contributed by atoms with Crippen molar-refractivity contribution >= 4 is 5.97 Å². The van der Waals surface area contributed by atoms with Crippen LogP contribution in [0.1, 0.15) is 46.5 Å². The Bertz CT molecular complexity index is 132. The fourth-order valence-corrected chi connectivity index (χ4v) is 0.697. The van der Waals surface area contributed by atoms with Crippen LogP contribution in [0.2, 0.25) is 0 Å². The van der Waals surface area contributed by atoms with Gasteiger partial charge < -0.3 is 10.2 Å². The molecule has 3 nitrogen and oxygen atoms in total. The Balaban J connectivity index is 0. The van der Waals surface area contributed by atoms with Crippen molar-refractivity contribution in [2.24, 2.45) is 5.92 Å². The highest BCUT2D eigenvalue weighted by atomic mass is 16.4. The van der Waals surface area contributed by atoms with Gasteiger partial charge in [-0.05, 0) is 12.8 Å². The number of aliphatic hydroxyl groups excluding tert-OH is 1. The fraction of sp³-hybridized carbons (Fsp3) is 0.818. The van der Waals surface area contributed by atoms with E-state index in [1.165, 1.54) is 32.6 Å². The molecule has 0 spiro atoms. The van der Waals surface area contributed by atoms with Crippen LogP contribution < -0.4 is 0 Å². The van der Waals surface area contributed by atoms with Gasteiger partial charge in [0.1, 0.15) is 6.10 Å². The average molecular weight is 203 g/mol. The van der Waals surface area contributed by atoms with Crippen LogP contribution in [0, 0.1) is 12.8 Å². The van der Waals surface area contributed by atoms with Gasteiger partial charge in [-0.15, -0.1) is 0 Å². The highest BCUT2D eigenvalue weighted by Crippen LogP contribution is 2.09. The van der Waals surface area contributed by atoms with E-state index in [9.17, 15) is 4.79 Å². The largest absolute Gasteiger partial charge is 0.479 e. The van der Waals surface area contributed by atoms with Crippen LogP contribution in [-0.4, -0.2) is 22.3 Å². The van der Waals surface area contributed by atoms with Crippen LogP contribution in [0.5, 0.6) is 0 Å². The standard InChI is InChI=1S/C8H17.C3H6O3/c1-4-6-7-8(3)5-2;1-2(4)3(5)6/h8H,3-7H2,1-2H3;2,4H,1H3,(H,5,6). The number of hydrogen-bond donors (Lipinski definition) is 2. The molecule has 0 saturated carbocycles. The molecular weight excluding hydrogens is 180 g/mol. The van der Waals surface area contributed by atoms with Crippen LogP contribution in [0.4, 0.5) is 0 Å². The molecule has 0 rings (SSSR count). The minimum absolute atomic E-state index is 0.704. The number of aliphatic hydroxyl groups is 1. The van der Waals surface area contributed by atoms with Crippen LogP contribution >= 0.6 is 0 Å². The Labute approximate surface area is 87.1 Å². The summed E-state index contributed by atoms with van der Waals surface area (Å²) in [6, 6.07) is 0. The summed E-state index contributed by atoms with van der Waals surface area (Å²) in [5, 5.41) is 15.8. The summed E-state index contributed by atoms with van der Waals surface area (Å²) < 4.78 is 0. The number of rotatable bonds is 5. The lowest BCUT2D eigenvalue weighted by atomic mass is 10.0. The Morgan fingerprint density at radius 1 is 1.43 bits per heavy atom. The Hall–Kier alpha value is -0.570. The van der Waals surface area contributed by atoms with E-state index in [1.807, 2.05) is 0 Å². The van der Waals surface area contributed by atoms with E-state index in [0.29, 0.717) is 5.92 Å². The number of aliphatic carboxylic acids is 1. The molecule has 0 aromatic rings. The van der Waals surface area contributed by atoms with E-state index in [0.717, 1.165) is 0 Å². The minimum atomic E-state index is -1.23. The normalized spacial score (nSPS) is 13.8. The fourth-order valence-electron chi connectivity index (χ4n) is 0.697. The number of carbonyl (C=O) groups is 1. The first-order chi connectivity index (χ1) is 6.45. The Morgan fingerprint density at radius 3 is 2.07 bits per heavy atom. The van der Waals surface area contributed by atoms with Crippen molar-refractivity contribution in [3.05, 3.63) is 6.92 Å². The van der Waals surface area contributed by atoms with Crippen molar-refractivity contribution < 1.29 is 15.0 Å². The second-order valence-corrected chi connectivity index (χ2v) is 3.43. The molecular formula is C11H23O3. The van der Waals surface area contributed by atoms with Crippen LogP contribution in [0.15, 0.2) is 0 Å². The van der Waals surface area contributed by atoms with Crippen molar-refractivity contribution in [3.8, 4) is 0 Å². The predicted molar refractivity (Wildman–Crippen MR) is 58.0 cm³/mol. The molecule has 0 aliphatic rings. The van der Waals surface area contributed by atoms with E-state index in [2.05, 4.69) is 20.8 Å². The molecule has 0 aromatic carbocycles. The Morgan fingerprint density at radius 2 is 1.86 bits per heavy atom. The van der Waals surface area contributed by atoms with Gasteiger partial charge in [0.15, 0.2) is 0 Å². The number of hydrogen-bond acceptors (Lipinski definition) is 2. The summed E-state index contributed by atoms with van der Waals surface area (Å²) in [5.74, 6) is -0.482. The van der Waals surface area contributed by atoms with Crippen molar-refractivity contribution in [2.75, 3.05) is 0 Å². The molecule has 3 heteroatoms. The highest BCUT2D eigenvalue weighted by molar-refractivity contribution is 5.71. The molecule has 0 aliphatic heterocycles. The molecule has 0 aliphatic carbocycles. The summed E-state index contributed by atoms with van der Waals surface area (Å²) in [7, 11) is 0. The zero-order valence-electron chi connectivity index (χ0n) is 9.49. The predicted octanol–water partition coefficient (Wildman–Crippen LogP) is 2.49. The minimum Gasteiger partial charge on any atom is -0.479 e. The molecule has 0 amide bonds. The number of unbranched alkanes of at least 4 members (excludes halogenated alkanes) is 1. The van der Waals surface area contributed by atoms with E-state index in [4.69, 9.17) is 10.2 Å². The third-order valence-electron chi connectivity index (χ3n) is 1.90. The smallest absolute Gasteiger partial charge is 0.332 e.